The summed E-state index contributed by atoms with van der Waals surface area (Å²) in [7, 11) is 0. The maximum Gasteiger partial charge on any atom is 0.115 e. The molecule has 0 saturated heterocycles. The Balaban J connectivity index is 1.82. The van der Waals surface area contributed by atoms with Gasteiger partial charge in [-0.25, -0.2) is 0 Å². The minimum atomic E-state index is 0.0734. The van der Waals surface area contributed by atoms with E-state index in [1.54, 1.807) is 12.1 Å². The van der Waals surface area contributed by atoms with Crippen molar-refractivity contribution >= 4 is 0 Å². The lowest BCUT2D eigenvalue weighted by Crippen LogP contribution is -2.30. The molecule has 0 heterocycles. The molecule has 1 aliphatic rings. The molecule has 1 aliphatic carbocycles. The van der Waals surface area contributed by atoms with Gasteiger partial charge in [0.2, 0.25) is 0 Å². The number of hydrogen-bond acceptors (Lipinski definition) is 3. The first-order chi connectivity index (χ1) is 10.2. The number of rotatable bonds is 6. The summed E-state index contributed by atoms with van der Waals surface area (Å²) in [5.41, 5.74) is 2.38. The lowest BCUT2D eigenvalue weighted by molar-refractivity contribution is 0.205. The van der Waals surface area contributed by atoms with Crippen molar-refractivity contribution in [1.29, 1.82) is 0 Å². The predicted octanol–water partition coefficient (Wildman–Crippen LogP) is 2.84. The minimum absolute atomic E-state index is 0.0734. The zero-order valence-corrected chi connectivity index (χ0v) is 12.0. The Hall–Kier alpha value is -1.84. The first kappa shape index (κ1) is 14.1. The monoisotopic (exact) mass is 283 g/mol. The maximum absolute atomic E-state index is 9.47. The second kappa shape index (κ2) is 5.88. The fourth-order valence-corrected chi connectivity index (χ4v) is 2.63. The Bertz CT molecular complexity index is 576. The Labute approximate surface area is 125 Å². The molecule has 1 unspecified atom stereocenters. The minimum Gasteiger partial charge on any atom is -0.508 e. The highest BCUT2D eigenvalue weighted by Gasteiger charge is 2.42. The first-order valence-corrected chi connectivity index (χ1v) is 7.41. The van der Waals surface area contributed by atoms with Crippen LogP contribution in [0, 0.1) is 5.41 Å². The van der Waals surface area contributed by atoms with Crippen molar-refractivity contribution < 1.29 is 10.2 Å². The van der Waals surface area contributed by atoms with Gasteiger partial charge < -0.3 is 15.5 Å². The van der Waals surface area contributed by atoms with E-state index in [9.17, 15) is 10.2 Å². The number of phenols is 1. The Kier molecular flexibility index (Phi) is 3.95. The van der Waals surface area contributed by atoms with Gasteiger partial charge in [-0.3, -0.25) is 0 Å². The van der Waals surface area contributed by atoms with Gasteiger partial charge in [0, 0.05) is 18.6 Å². The van der Waals surface area contributed by atoms with Gasteiger partial charge in [-0.05, 0) is 36.1 Å². The fourth-order valence-electron chi connectivity index (χ4n) is 2.63. The van der Waals surface area contributed by atoms with Crippen LogP contribution in [0.15, 0.2) is 54.6 Å². The molecule has 0 aromatic heterocycles. The average Bonchev–Trinajstić information content (AvgIpc) is 3.31. The Morgan fingerprint density at radius 1 is 0.952 bits per heavy atom. The summed E-state index contributed by atoms with van der Waals surface area (Å²) in [4.78, 5) is 0. The third-order valence-electron chi connectivity index (χ3n) is 4.33. The van der Waals surface area contributed by atoms with Gasteiger partial charge >= 0.3 is 0 Å². The molecule has 0 radical (unpaired) electrons. The van der Waals surface area contributed by atoms with Crippen LogP contribution >= 0.6 is 0 Å². The van der Waals surface area contributed by atoms with E-state index in [2.05, 4.69) is 17.4 Å². The second-order valence-electron chi connectivity index (χ2n) is 5.97. The highest BCUT2D eigenvalue weighted by Crippen LogP contribution is 2.44. The Morgan fingerprint density at radius 2 is 1.57 bits per heavy atom. The van der Waals surface area contributed by atoms with Crippen molar-refractivity contribution in [2.24, 2.45) is 5.41 Å². The summed E-state index contributed by atoms with van der Waals surface area (Å²) in [6.07, 6.45) is 2.18. The molecule has 0 aliphatic heterocycles. The third kappa shape index (κ3) is 3.26. The van der Waals surface area contributed by atoms with E-state index in [-0.39, 0.29) is 23.8 Å². The molecule has 2 aromatic rings. The van der Waals surface area contributed by atoms with Crippen LogP contribution < -0.4 is 5.32 Å². The van der Waals surface area contributed by atoms with E-state index in [1.807, 2.05) is 30.3 Å². The zero-order chi connectivity index (χ0) is 14.7. The van der Waals surface area contributed by atoms with Crippen molar-refractivity contribution in [3.05, 3.63) is 65.7 Å². The molecule has 3 rings (SSSR count). The molecule has 110 valence electrons. The lowest BCUT2D eigenvalue weighted by atomic mass is 9.97. The zero-order valence-electron chi connectivity index (χ0n) is 12.0. The summed E-state index contributed by atoms with van der Waals surface area (Å²) in [6.45, 7) is 1.06. The van der Waals surface area contributed by atoms with Crippen molar-refractivity contribution in [1.82, 2.24) is 5.32 Å². The molecule has 1 atom stereocenters. The fraction of sp³-hybridized carbons (Fsp3) is 0.333. The maximum atomic E-state index is 9.47. The van der Waals surface area contributed by atoms with Crippen LogP contribution in [0.25, 0.3) is 0 Å². The van der Waals surface area contributed by atoms with E-state index >= 15 is 0 Å². The normalized spacial score (nSPS) is 17.4. The van der Waals surface area contributed by atoms with Crippen LogP contribution in [-0.4, -0.2) is 23.4 Å². The van der Waals surface area contributed by atoms with Crippen LogP contribution in [0.2, 0.25) is 0 Å². The number of aliphatic hydroxyl groups is 1. The summed E-state index contributed by atoms with van der Waals surface area (Å²) >= 11 is 0. The highest BCUT2D eigenvalue weighted by atomic mass is 16.3. The summed E-state index contributed by atoms with van der Waals surface area (Å²) in [5, 5.41) is 22.5. The van der Waals surface area contributed by atoms with Crippen molar-refractivity contribution in [3.63, 3.8) is 0 Å². The molecule has 3 heteroatoms. The molecule has 2 aromatic carbocycles. The standard InChI is InChI=1S/C18H21NO2/c20-13-18(10-11-18)12-19-17(14-4-2-1-3-5-14)15-6-8-16(21)9-7-15/h1-9,17,19-21H,10-13H2. The number of aromatic hydroxyl groups is 1. The number of phenolic OH excluding ortho intramolecular Hbond substituents is 1. The van der Waals surface area contributed by atoms with Crippen LogP contribution in [0.5, 0.6) is 5.75 Å². The van der Waals surface area contributed by atoms with Crippen molar-refractivity contribution in [3.8, 4) is 5.75 Å². The van der Waals surface area contributed by atoms with E-state index < -0.39 is 0 Å². The van der Waals surface area contributed by atoms with Gasteiger partial charge in [0.1, 0.15) is 5.75 Å². The van der Waals surface area contributed by atoms with Crippen LogP contribution in [-0.2, 0) is 0 Å². The molecule has 1 fully saturated rings. The first-order valence-electron chi connectivity index (χ1n) is 7.41. The van der Waals surface area contributed by atoms with Gasteiger partial charge in [0.25, 0.3) is 0 Å². The second-order valence-corrected chi connectivity index (χ2v) is 5.97. The number of benzene rings is 2. The van der Waals surface area contributed by atoms with Crippen LogP contribution in [0.3, 0.4) is 0 Å². The van der Waals surface area contributed by atoms with Gasteiger partial charge in [0.05, 0.1) is 6.04 Å². The summed E-state index contributed by atoms with van der Waals surface area (Å²) in [5.74, 6) is 0.277. The van der Waals surface area contributed by atoms with Gasteiger partial charge in [-0.15, -0.1) is 0 Å². The van der Waals surface area contributed by atoms with E-state index in [4.69, 9.17) is 0 Å². The van der Waals surface area contributed by atoms with E-state index in [0.29, 0.717) is 0 Å². The predicted molar refractivity (Wildman–Crippen MR) is 83.1 cm³/mol. The number of nitrogens with one attached hydrogen (secondary N) is 1. The molecular formula is C18H21NO2. The molecular weight excluding hydrogens is 262 g/mol. The lowest BCUT2D eigenvalue weighted by Gasteiger charge is -2.23. The molecule has 0 amide bonds. The van der Waals surface area contributed by atoms with E-state index in [0.717, 1.165) is 24.9 Å². The number of hydrogen-bond donors (Lipinski definition) is 3. The van der Waals surface area contributed by atoms with Crippen molar-refractivity contribution in [2.45, 2.75) is 18.9 Å². The smallest absolute Gasteiger partial charge is 0.115 e. The van der Waals surface area contributed by atoms with Crippen molar-refractivity contribution in [2.75, 3.05) is 13.2 Å². The molecule has 0 spiro atoms. The topological polar surface area (TPSA) is 52.5 Å². The molecule has 0 bridgehead atoms. The molecule has 1 saturated carbocycles. The number of aliphatic hydroxyl groups excluding tert-OH is 1. The van der Waals surface area contributed by atoms with Gasteiger partial charge in [-0.1, -0.05) is 42.5 Å². The Morgan fingerprint density at radius 3 is 2.14 bits per heavy atom. The SMILES string of the molecule is OCC1(CNC(c2ccccc2)c2ccc(O)cc2)CC1. The summed E-state index contributed by atoms with van der Waals surface area (Å²) in [6, 6.07) is 17.7. The highest BCUT2D eigenvalue weighted by molar-refractivity contribution is 5.35. The van der Waals surface area contributed by atoms with Crippen LogP contribution in [0.4, 0.5) is 0 Å². The molecule has 3 nitrogen and oxygen atoms in total. The summed E-state index contributed by atoms with van der Waals surface area (Å²) < 4.78 is 0. The third-order valence-corrected chi connectivity index (χ3v) is 4.33. The van der Waals surface area contributed by atoms with E-state index in [1.165, 1.54) is 5.56 Å². The average molecular weight is 283 g/mol. The van der Waals surface area contributed by atoms with Gasteiger partial charge in [-0.2, -0.15) is 0 Å². The quantitative estimate of drug-likeness (QED) is 0.764. The van der Waals surface area contributed by atoms with Gasteiger partial charge in [0.15, 0.2) is 0 Å². The molecule has 21 heavy (non-hydrogen) atoms. The molecule has 3 N–H and O–H groups in total. The van der Waals surface area contributed by atoms with Crippen LogP contribution in [0.1, 0.15) is 30.0 Å². The largest absolute Gasteiger partial charge is 0.508 e.